The van der Waals surface area contributed by atoms with Crippen molar-refractivity contribution < 1.29 is 12.8 Å². The van der Waals surface area contributed by atoms with Crippen molar-refractivity contribution >= 4 is 10.0 Å². The number of rotatable bonds is 6. The van der Waals surface area contributed by atoms with E-state index in [1.54, 1.807) is 6.92 Å². The van der Waals surface area contributed by atoms with E-state index in [0.29, 0.717) is 6.54 Å². The Morgan fingerprint density at radius 2 is 1.82 bits per heavy atom. The molecule has 118 valence electrons. The van der Waals surface area contributed by atoms with E-state index in [1.807, 2.05) is 30.3 Å². The highest BCUT2D eigenvalue weighted by Gasteiger charge is 2.24. The second-order valence-corrected chi connectivity index (χ2v) is 6.81. The minimum absolute atomic E-state index is 0.0417. The predicted octanol–water partition coefficient (Wildman–Crippen LogP) is 2.50. The number of nitrogens with zero attached hydrogens (tertiary/aromatic N) is 1. The largest absolute Gasteiger partial charge is 0.326 e. The van der Waals surface area contributed by atoms with Crippen LogP contribution in [0.15, 0.2) is 53.4 Å². The number of hydrogen-bond donors (Lipinski definition) is 1. The molecule has 0 spiro atoms. The zero-order valence-electron chi connectivity index (χ0n) is 12.4. The van der Waals surface area contributed by atoms with Crippen molar-refractivity contribution in [3.8, 4) is 0 Å². The third-order valence-electron chi connectivity index (χ3n) is 3.43. The Balaban J connectivity index is 2.34. The average Bonchev–Trinajstić information content (AvgIpc) is 2.53. The molecule has 2 rings (SSSR count). The van der Waals surface area contributed by atoms with E-state index in [4.69, 9.17) is 5.73 Å². The van der Waals surface area contributed by atoms with Crippen LogP contribution in [0.25, 0.3) is 0 Å². The van der Waals surface area contributed by atoms with Crippen molar-refractivity contribution in [3.63, 3.8) is 0 Å². The van der Waals surface area contributed by atoms with Crippen LogP contribution in [0.4, 0.5) is 4.39 Å². The summed E-state index contributed by atoms with van der Waals surface area (Å²) >= 11 is 0. The van der Waals surface area contributed by atoms with E-state index in [0.717, 1.165) is 11.6 Å². The molecule has 2 aromatic rings. The van der Waals surface area contributed by atoms with Gasteiger partial charge in [0.25, 0.3) is 0 Å². The van der Waals surface area contributed by atoms with Gasteiger partial charge in [-0.15, -0.1) is 0 Å². The zero-order valence-corrected chi connectivity index (χ0v) is 13.2. The van der Waals surface area contributed by atoms with Crippen molar-refractivity contribution in [2.45, 2.75) is 24.9 Å². The van der Waals surface area contributed by atoms with E-state index in [2.05, 4.69) is 0 Å². The molecule has 0 heterocycles. The van der Waals surface area contributed by atoms with Crippen LogP contribution in [0.3, 0.4) is 0 Å². The Hall–Kier alpha value is -1.76. The normalized spacial score (nSPS) is 11.8. The summed E-state index contributed by atoms with van der Waals surface area (Å²) in [5, 5.41) is 0. The van der Waals surface area contributed by atoms with Gasteiger partial charge in [-0.1, -0.05) is 37.3 Å². The fraction of sp³-hybridized carbons (Fsp3) is 0.250. The van der Waals surface area contributed by atoms with Gasteiger partial charge in [-0.05, 0) is 23.8 Å². The standard InChI is InChI=1S/C16H19FN2O2S/c1-2-19(12-13-6-4-3-5-7-13)22(20,21)15-8-9-16(17)14(10-15)11-18/h3-10H,2,11-12,18H2,1H3. The SMILES string of the molecule is CCN(Cc1ccccc1)S(=O)(=O)c1ccc(F)c(CN)c1. The smallest absolute Gasteiger partial charge is 0.243 e. The number of halogens is 1. The fourth-order valence-corrected chi connectivity index (χ4v) is 3.66. The summed E-state index contributed by atoms with van der Waals surface area (Å²) in [6, 6.07) is 13.1. The monoisotopic (exact) mass is 322 g/mol. The van der Waals surface area contributed by atoms with Crippen molar-refractivity contribution in [3.05, 3.63) is 65.5 Å². The maximum atomic E-state index is 13.5. The minimum Gasteiger partial charge on any atom is -0.326 e. The third kappa shape index (κ3) is 3.52. The summed E-state index contributed by atoms with van der Waals surface area (Å²) in [7, 11) is -3.69. The second kappa shape index (κ2) is 7.00. The molecule has 0 atom stereocenters. The molecule has 0 aliphatic heterocycles. The van der Waals surface area contributed by atoms with Crippen LogP contribution in [-0.2, 0) is 23.1 Å². The second-order valence-electron chi connectivity index (χ2n) is 4.87. The minimum atomic E-state index is -3.69. The number of sulfonamides is 1. The molecule has 0 aliphatic carbocycles. The summed E-state index contributed by atoms with van der Waals surface area (Å²) in [6.45, 7) is 2.33. The predicted molar refractivity (Wildman–Crippen MR) is 84.0 cm³/mol. The highest BCUT2D eigenvalue weighted by Crippen LogP contribution is 2.20. The third-order valence-corrected chi connectivity index (χ3v) is 5.35. The molecule has 6 heteroatoms. The van der Waals surface area contributed by atoms with Crippen LogP contribution in [0.5, 0.6) is 0 Å². The van der Waals surface area contributed by atoms with Crippen molar-refractivity contribution in [1.82, 2.24) is 4.31 Å². The van der Waals surface area contributed by atoms with Gasteiger partial charge in [0.1, 0.15) is 5.82 Å². The Bertz CT molecular complexity index is 733. The number of hydrogen-bond acceptors (Lipinski definition) is 3. The molecule has 22 heavy (non-hydrogen) atoms. The van der Waals surface area contributed by atoms with Gasteiger partial charge in [0.2, 0.25) is 10.0 Å². The quantitative estimate of drug-likeness (QED) is 0.889. The molecule has 0 saturated heterocycles. The van der Waals surface area contributed by atoms with Crippen LogP contribution < -0.4 is 5.73 Å². The molecule has 0 fully saturated rings. The first-order chi connectivity index (χ1) is 10.5. The van der Waals surface area contributed by atoms with Gasteiger partial charge < -0.3 is 5.73 Å². The highest BCUT2D eigenvalue weighted by atomic mass is 32.2. The molecule has 0 radical (unpaired) electrons. The molecule has 0 bridgehead atoms. The van der Waals surface area contributed by atoms with E-state index >= 15 is 0 Å². The Morgan fingerprint density at radius 3 is 2.41 bits per heavy atom. The maximum Gasteiger partial charge on any atom is 0.243 e. The molecule has 0 saturated carbocycles. The summed E-state index contributed by atoms with van der Waals surface area (Å²) < 4.78 is 40.3. The lowest BCUT2D eigenvalue weighted by molar-refractivity contribution is 0.423. The summed E-state index contributed by atoms with van der Waals surface area (Å²) in [6.07, 6.45) is 0. The summed E-state index contributed by atoms with van der Waals surface area (Å²) in [5.41, 5.74) is 6.54. The molecule has 2 aromatic carbocycles. The number of benzene rings is 2. The van der Waals surface area contributed by atoms with Crippen molar-refractivity contribution in [1.29, 1.82) is 0 Å². The molecule has 0 aliphatic rings. The van der Waals surface area contributed by atoms with Gasteiger partial charge in [0, 0.05) is 25.2 Å². The number of nitrogens with two attached hydrogens (primary N) is 1. The lowest BCUT2D eigenvalue weighted by atomic mass is 10.2. The molecule has 0 unspecified atom stereocenters. The van der Waals surface area contributed by atoms with Gasteiger partial charge in [0.15, 0.2) is 0 Å². The first-order valence-electron chi connectivity index (χ1n) is 7.01. The first-order valence-corrected chi connectivity index (χ1v) is 8.45. The van der Waals surface area contributed by atoms with Crippen LogP contribution in [-0.4, -0.2) is 19.3 Å². The molecule has 4 nitrogen and oxygen atoms in total. The first kappa shape index (κ1) is 16.6. The average molecular weight is 322 g/mol. The van der Waals surface area contributed by atoms with Gasteiger partial charge >= 0.3 is 0 Å². The lowest BCUT2D eigenvalue weighted by Gasteiger charge is -2.21. The van der Waals surface area contributed by atoms with Crippen LogP contribution >= 0.6 is 0 Å². The van der Waals surface area contributed by atoms with E-state index in [1.165, 1.54) is 16.4 Å². The Morgan fingerprint density at radius 1 is 1.14 bits per heavy atom. The molecule has 0 aromatic heterocycles. The maximum absolute atomic E-state index is 13.5. The van der Waals surface area contributed by atoms with Gasteiger partial charge in [0.05, 0.1) is 4.90 Å². The van der Waals surface area contributed by atoms with Crippen LogP contribution in [0.1, 0.15) is 18.1 Å². The lowest BCUT2D eigenvalue weighted by Crippen LogP contribution is -2.30. The van der Waals surface area contributed by atoms with Gasteiger partial charge in [-0.3, -0.25) is 0 Å². The van der Waals surface area contributed by atoms with E-state index in [-0.39, 0.29) is 23.5 Å². The molecule has 2 N–H and O–H groups in total. The van der Waals surface area contributed by atoms with Gasteiger partial charge in [-0.25, -0.2) is 12.8 Å². The molecular formula is C16H19FN2O2S. The van der Waals surface area contributed by atoms with E-state index in [9.17, 15) is 12.8 Å². The summed E-state index contributed by atoms with van der Waals surface area (Å²) in [5.74, 6) is -0.493. The molecule has 0 amide bonds. The zero-order chi connectivity index (χ0) is 16.2. The summed E-state index contributed by atoms with van der Waals surface area (Å²) in [4.78, 5) is 0.0622. The Labute approximate surface area is 130 Å². The van der Waals surface area contributed by atoms with E-state index < -0.39 is 15.8 Å². The van der Waals surface area contributed by atoms with Crippen molar-refractivity contribution in [2.75, 3.05) is 6.54 Å². The van der Waals surface area contributed by atoms with Crippen molar-refractivity contribution in [2.24, 2.45) is 5.73 Å². The Kier molecular flexibility index (Phi) is 5.28. The topological polar surface area (TPSA) is 63.4 Å². The highest BCUT2D eigenvalue weighted by molar-refractivity contribution is 7.89. The fourth-order valence-electron chi connectivity index (χ4n) is 2.17. The molecular weight excluding hydrogens is 303 g/mol. The van der Waals surface area contributed by atoms with Gasteiger partial charge in [-0.2, -0.15) is 4.31 Å². The van der Waals surface area contributed by atoms with Crippen LogP contribution in [0.2, 0.25) is 0 Å². The van der Waals surface area contributed by atoms with Crippen LogP contribution in [0, 0.1) is 5.82 Å².